The third-order valence-electron chi connectivity index (χ3n) is 6.83. The Morgan fingerprint density at radius 3 is 2.60 bits per heavy atom. The molecule has 3 heterocycles. The van der Waals surface area contributed by atoms with Crippen LogP contribution in [0.15, 0.2) is 52.7 Å². The summed E-state index contributed by atoms with van der Waals surface area (Å²) >= 11 is 8.88. The van der Waals surface area contributed by atoms with Gasteiger partial charge in [0.05, 0.1) is 19.1 Å². The van der Waals surface area contributed by atoms with Crippen LogP contribution in [0, 0.1) is 37.8 Å². The molecule has 0 aliphatic carbocycles. The van der Waals surface area contributed by atoms with E-state index in [1.165, 1.54) is 44.7 Å². The van der Waals surface area contributed by atoms with Crippen LogP contribution in [-0.4, -0.2) is 63.8 Å². The average molecular weight is 630 g/mol. The van der Waals surface area contributed by atoms with Crippen molar-refractivity contribution in [1.82, 2.24) is 20.1 Å². The molecule has 0 radical (unpaired) electrons. The zero-order valence-electron chi connectivity index (χ0n) is 24.5. The summed E-state index contributed by atoms with van der Waals surface area (Å²) in [5.41, 5.74) is 8.15. The van der Waals surface area contributed by atoms with E-state index in [4.69, 9.17) is 16.3 Å². The second-order valence-electron chi connectivity index (χ2n) is 10.3. The number of aromatic nitrogens is 1. The molecular weight excluding hydrogens is 594 g/mol. The number of nitrogens with one attached hydrogen (secondary N) is 1. The third-order valence-corrected chi connectivity index (χ3v) is 8.83. The first-order chi connectivity index (χ1) is 20.1. The van der Waals surface area contributed by atoms with Gasteiger partial charge < -0.3 is 19.9 Å². The summed E-state index contributed by atoms with van der Waals surface area (Å²) in [6.45, 7) is 10.6. The van der Waals surface area contributed by atoms with Gasteiger partial charge in [-0.3, -0.25) is 4.99 Å². The molecule has 0 saturated carbocycles. The Morgan fingerprint density at radius 1 is 1.19 bits per heavy atom. The van der Waals surface area contributed by atoms with Crippen LogP contribution in [0.1, 0.15) is 44.3 Å². The van der Waals surface area contributed by atoms with Gasteiger partial charge >= 0.3 is 0 Å². The van der Waals surface area contributed by atoms with Crippen molar-refractivity contribution in [2.75, 3.05) is 32.8 Å². The topological polar surface area (TPSA) is 108 Å². The molecule has 5 rings (SSSR count). The second kappa shape index (κ2) is 14.8. The van der Waals surface area contributed by atoms with Crippen LogP contribution < -0.4 is 5.32 Å². The monoisotopic (exact) mass is 629 g/mol. The highest BCUT2D eigenvalue weighted by Gasteiger charge is 2.25. The average Bonchev–Trinajstić information content (AvgIpc) is 3.58. The second-order valence-corrected chi connectivity index (χ2v) is 13.1. The number of thioether (sulfide) groups is 1. The highest BCUT2D eigenvalue weighted by Crippen LogP contribution is 2.27. The largest absolute Gasteiger partial charge is 0.358 e. The summed E-state index contributed by atoms with van der Waals surface area (Å²) in [4.78, 5) is 23.1. The van der Waals surface area contributed by atoms with Crippen LogP contribution in [0.3, 0.4) is 0 Å². The Hall–Kier alpha value is -3.19. The maximum Gasteiger partial charge on any atom is 0.277 e. The van der Waals surface area contributed by atoms with Crippen molar-refractivity contribution in [2.24, 2.45) is 10.1 Å². The molecule has 1 fully saturated rings. The molecule has 0 amide bonds. The molecule has 42 heavy (non-hydrogen) atoms. The predicted molar refractivity (Wildman–Crippen MR) is 172 cm³/mol. The molecular formula is C29H36ClN7O3S2. The standard InChI is InChI=1S/C21H26N2S.C8H10ClN5O3S/c1-14-10-15(2)12-18(11-14)13-20(23-21-22-8-9-24-21)19-7-5-6-16(3)17(19)4;1-12-4-17-5-13(8(12)11-14(15)16)3-6-2-10-7(9)18-6/h5-7,10-12,20H,8-9,13H2,1-4H3,(H,22,23);2H,3-5H2,1H3/b;11-8-. The van der Waals surface area contributed by atoms with E-state index < -0.39 is 5.03 Å². The number of halogens is 1. The van der Waals surface area contributed by atoms with Crippen molar-refractivity contribution in [3.63, 3.8) is 0 Å². The minimum atomic E-state index is -0.718. The van der Waals surface area contributed by atoms with Crippen LogP contribution in [0.25, 0.3) is 0 Å². The Kier molecular flexibility index (Phi) is 11.2. The number of hydrazone groups is 1. The summed E-state index contributed by atoms with van der Waals surface area (Å²) in [6.07, 6.45) is 2.61. The van der Waals surface area contributed by atoms with E-state index in [9.17, 15) is 10.1 Å². The Labute approximate surface area is 260 Å². The van der Waals surface area contributed by atoms with Gasteiger partial charge in [-0.2, -0.15) is 0 Å². The Balaban J connectivity index is 0.000000201. The van der Waals surface area contributed by atoms with Crippen molar-refractivity contribution in [1.29, 1.82) is 0 Å². The summed E-state index contributed by atoms with van der Waals surface area (Å²) in [6, 6.07) is 13.7. The van der Waals surface area contributed by atoms with Crippen LogP contribution in [-0.2, 0) is 17.7 Å². The van der Waals surface area contributed by atoms with Gasteiger partial charge in [-0.25, -0.2) is 15.1 Å². The Bertz CT molecular complexity index is 1440. The molecule has 1 atom stereocenters. The number of nitrogens with zero attached hydrogens (tertiary/aromatic N) is 6. The van der Waals surface area contributed by atoms with Crippen molar-refractivity contribution in [3.8, 4) is 0 Å². The maximum atomic E-state index is 10.5. The van der Waals surface area contributed by atoms with Gasteiger partial charge in [0, 0.05) is 23.9 Å². The first-order valence-corrected chi connectivity index (χ1v) is 15.7. The number of thiazole rings is 1. The van der Waals surface area contributed by atoms with Crippen molar-refractivity contribution in [3.05, 3.63) is 95.4 Å². The van der Waals surface area contributed by atoms with Gasteiger partial charge in [0.1, 0.15) is 18.6 Å². The highest BCUT2D eigenvalue weighted by atomic mass is 35.5. The zero-order valence-corrected chi connectivity index (χ0v) is 26.9. The molecule has 0 spiro atoms. The molecule has 1 saturated heterocycles. The van der Waals surface area contributed by atoms with Gasteiger partial charge in [0.25, 0.3) is 5.96 Å². The van der Waals surface area contributed by atoms with E-state index >= 15 is 0 Å². The van der Waals surface area contributed by atoms with E-state index in [1.807, 2.05) is 11.8 Å². The summed E-state index contributed by atoms with van der Waals surface area (Å²) in [5.74, 6) is 1.35. The molecule has 2 aromatic carbocycles. The molecule has 2 aliphatic rings. The lowest BCUT2D eigenvalue weighted by Crippen LogP contribution is -2.49. The zero-order chi connectivity index (χ0) is 30.2. The lowest BCUT2D eigenvalue weighted by molar-refractivity contribution is -0.486. The maximum absolute atomic E-state index is 10.5. The first-order valence-electron chi connectivity index (χ1n) is 13.5. The van der Waals surface area contributed by atoms with Crippen LogP contribution >= 0.6 is 34.7 Å². The number of aryl methyl sites for hydroxylation is 3. The van der Waals surface area contributed by atoms with E-state index in [-0.39, 0.29) is 25.5 Å². The fraction of sp³-hybridized carbons (Fsp3) is 0.414. The van der Waals surface area contributed by atoms with Crippen molar-refractivity contribution < 1.29 is 9.77 Å². The number of ether oxygens (including phenoxy) is 1. The molecule has 1 aromatic heterocycles. The third kappa shape index (κ3) is 8.90. The number of hydrogen-bond acceptors (Lipinski definition) is 8. The van der Waals surface area contributed by atoms with Gasteiger partial charge in [-0.05, 0) is 56.4 Å². The van der Waals surface area contributed by atoms with Gasteiger partial charge in [0.15, 0.2) is 14.7 Å². The normalized spacial score (nSPS) is 16.6. The lowest BCUT2D eigenvalue weighted by Gasteiger charge is -2.34. The summed E-state index contributed by atoms with van der Waals surface area (Å²) in [5, 5.41) is 17.9. The number of hydrogen-bond donors (Lipinski definition) is 1. The number of aliphatic imine (C=N–C) groups is 1. The van der Waals surface area contributed by atoms with Crippen LogP contribution in [0.2, 0.25) is 4.47 Å². The van der Waals surface area contributed by atoms with Crippen molar-refractivity contribution >= 4 is 45.8 Å². The molecule has 13 heteroatoms. The van der Waals surface area contributed by atoms with E-state index in [1.54, 1.807) is 23.0 Å². The predicted octanol–water partition coefficient (Wildman–Crippen LogP) is 5.92. The van der Waals surface area contributed by atoms with Gasteiger partial charge in [0.2, 0.25) is 0 Å². The molecule has 10 nitrogen and oxygen atoms in total. The fourth-order valence-electron chi connectivity index (χ4n) is 4.90. The number of rotatable bonds is 7. The number of benzene rings is 2. The SMILES string of the molecule is CN1COCN(Cc2cnc(Cl)s2)/C1=N\[N+](=O)[O-].Cc1cc(C)cc(CC(NC2=NCCS2)c2cccc(C)c2C)c1. The van der Waals surface area contributed by atoms with E-state index in [2.05, 4.69) is 84.5 Å². The summed E-state index contributed by atoms with van der Waals surface area (Å²) < 4.78 is 5.72. The van der Waals surface area contributed by atoms with E-state index in [0.29, 0.717) is 11.0 Å². The minimum absolute atomic E-state index is 0.243. The first kappa shape index (κ1) is 31.7. The molecule has 1 unspecified atom stereocenters. The number of nitro groups is 1. The fourth-order valence-corrected chi connectivity index (χ4v) is 6.68. The lowest BCUT2D eigenvalue weighted by atomic mass is 9.92. The molecule has 3 aromatic rings. The highest BCUT2D eigenvalue weighted by molar-refractivity contribution is 8.14. The number of guanidine groups is 1. The summed E-state index contributed by atoms with van der Waals surface area (Å²) in [7, 11) is 1.67. The van der Waals surface area contributed by atoms with Gasteiger partial charge in [-0.1, -0.05) is 70.9 Å². The molecule has 224 valence electrons. The Morgan fingerprint density at radius 2 is 1.95 bits per heavy atom. The van der Waals surface area contributed by atoms with Gasteiger partial charge in [-0.15, -0.1) is 11.3 Å². The minimum Gasteiger partial charge on any atom is -0.358 e. The van der Waals surface area contributed by atoms with Crippen molar-refractivity contribution in [2.45, 2.75) is 46.7 Å². The molecule has 0 bridgehead atoms. The number of amidine groups is 1. The molecule has 2 aliphatic heterocycles. The van der Waals surface area contributed by atoms with Crippen LogP contribution in [0.4, 0.5) is 0 Å². The molecule has 1 N–H and O–H groups in total. The smallest absolute Gasteiger partial charge is 0.277 e. The van der Waals surface area contributed by atoms with E-state index in [0.717, 1.165) is 28.8 Å². The quantitative estimate of drug-likeness (QED) is 0.253. The van der Waals surface area contributed by atoms with Crippen LogP contribution in [0.5, 0.6) is 0 Å².